The van der Waals surface area contributed by atoms with Crippen LogP contribution in [0.2, 0.25) is 0 Å². The highest BCUT2D eigenvalue weighted by molar-refractivity contribution is 6.02. The van der Waals surface area contributed by atoms with E-state index < -0.39 is 0 Å². The quantitative estimate of drug-likeness (QED) is 0.638. The van der Waals surface area contributed by atoms with Gasteiger partial charge >= 0.3 is 0 Å². The van der Waals surface area contributed by atoms with E-state index in [1.165, 1.54) is 12.5 Å². The molecule has 0 aromatic carbocycles. The number of hydrogen-bond acceptors (Lipinski definition) is 9. The van der Waals surface area contributed by atoms with Gasteiger partial charge in [0, 0.05) is 12.1 Å². The monoisotopic (exact) mass is 345 g/mol. The molecular weight excluding hydrogens is 326 g/mol. The third-order valence-corrected chi connectivity index (χ3v) is 4.34. The topological polar surface area (TPSA) is 140 Å². The van der Waals surface area contributed by atoms with Crippen molar-refractivity contribution in [3.05, 3.63) is 18.0 Å². The van der Waals surface area contributed by atoms with Crippen molar-refractivity contribution in [1.29, 1.82) is 0 Å². The number of ether oxygens (including phenoxy) is 1. The van der Waals surface area contributed by atoms with Crippen LogP contribution in [0.4, 0.5) is 17.8 Å². The molecule has 0 unspecified atom stereocenters. The van der Waals surface area contributed by atoms with Gasteiger partial charge in [0.15, 0.2) is 12.5 Å². The molecule has 10 nitrogen and oxygen atoms in total. The molecule has 0 radical (unpaired) electrons. The lowest BCUT2D eigenvalue weighted by Gasteiger charge is -2.29. The molecule has 2 aromatic heterocycles. The highest BCUT2D eigenvalue weighted by atomic mass is 16.5. The number of hydrogen-bond donors (Lipinski definition) is 4. The smallest absolute Gasteiger partial charge is 0.300 e. The second-order valence-electron chi connectivity index (χ2n) is 6.03. The first-order valence-electron chi connectivity index (χ1n) is 8.22. The summed E-state index contributed by atoms with van der Waals surface area (Å²) in [7, 11) is 0. The first-order valence-corrected chi connectivity index (χ1v) is 8.22. The molecule has 5 N–H and O–H groups in total. The van der Waals surface area contributed by atoms with E-state index in [2.05, 4.69) is 30.9 Å². The Morgan fingerprint density at radius 1 is 1.28 bits per heavy atom. The van der Waals surface area contributed by atoms with Gasteiger partial charge in [-0.1, -0.05) is 12.8 Å². The molecular formula is C15H19N7O3. The fourth-order valence-corrected chi connectivity index (χ4v) is 3.05. The molecule has 132 valence electrons. The highest BCUT2D eigenvalue weighted by Crippen LogP contribution is 2.30. The van der Waals surface area contributed by atoms with E-state index in [-0.39, 0.29) is 48.0 Å². The molecule has 1 aliphatic carbocycles. The standard InChI is InChI=1S/C15H19N7O3/c16-8-3-1-2-4-9(8)19-14-20-11(21-15-17-5-6-24-15)10-12(23)18-7-25-13(10)22-14/h5-6,8-9H,1-4,7,16H2,(H,18,23)(H2,17,19,20,21,22)/t8-,9+/m0/s1. The summed E-state index contributed by atoms with van der Waals surface area (Å²) in [5, 5.41) is 8.75. The maximum absolute atomic E-state index is 12.2. The maximum atomic E-state index is 12.2. The predicted octanol–water partition coefficient (Wildman–Crippen LogP) is 0.970. The predicted molar refractivity (Wildman–Crippen MR) is 88.6 cm³/mol. The zero-order valence-corrected chi connectivity index (χ0v) is 13.5. The van der Waals surface area contributed by atoms with Crippen LogP contribution in [-0.4, -0.2) is 39.7 Å². The molecule has 10 heteroatoms. The Morgan fingerprint density at radius 2 is 2.16 bits per heavy atom. The third kappa shape index (κ3) is 3.20. The van der Waals surface area contributed by atoms with Crippen LogP contribution in [-0.2, 0) is 0 Å². The van der Waals surface area contributed by atoms with Crippen molar-refractivity contribution in [2.75, 3.05) is 17.4 Å². The van der Waals surface area contributed by atoms with E-state index in [9.17, 15) is 4.79 Å². The second-order valence-corrected chi connectivity index (χ2v) is 6.03. The summed E-state index contributed by atoms with van der Waals surface area (Å²) < 4.78 is 10.6. The Labute approximate surface area is 143 Å². The van der Waals surface area contributed by atoms with Gasteiger partial charge in [0.1, 0.15) is 11.8 Å². The van der Waals surface area contributed by atoms with E-state index in [1.54, 1.807) is 0 Å². The van der Waals surface area contributed by atoms with Crippen molar-refractivity contribution in [2.24, 2.45) is 5.73 Å². The number of amides is 1. The Balaban J connectivity index is 1.67. The van der Waals surface area contributed by atoms with Crippen LogP contribution in [0, 0.1) is 0 Å². The summed E-state index contributed by atoms with van der Waals surface area (Å²) in [6.45, 7) is 0.0592. The summed E-state index contributed by atoms with van der Waals surface area (Å²) >= 11 is 0. The molecule has 3 heterocycles. The molecule has 0 spiro atoms. The van der Waals surface area contributed by atoms with Crippen molar-refractivity contribution in [3.8, 4) is 5.88 Å². The first kappa shape index (κ1) is 15.6. The van der Waals surface area contributed by atoms with Crippen LogP contribution >= 0.6 is 0 Å². The van der Waals surface area contributed by atoms with Gasteiger partial charge in [-0.15, -0.1) is 0 Å². The minimum absolute atomic E-state index is 0.0424. The SMILES string of the molecule is N[C@H]1CCCC[C@H]1Nc1nc(Nc2ncco2)c2c(n1)OCNC2=O. The summed E-state index contributed by atoms with van der Waals surface area (Å²) in [6, 6.07) is 0.346. The zero-order chi connectivity index (χ0) is 17.2. The molecule has 4 rings (SSSR count). The van der Waals surface area contributed by atoms with E-state index in [1.807, 2.05) is 0 Å². The second kappa shape index (κ2) is 6.55. The van der Waals surface area contributed by atoms with Gasteiger partial charge < -0.3 is 25.5 Å². The van der Waals surface area contributed by atoms with Gasteiger partial charge in [-0.3, -0.25) is 10.1 Å². The number of carbonyl (C=O) groups is 1. The van der Waals surface area contributed by atoms with Crippen LogP contribution in [0.3, 0.4) is 0 Å². The van der Waals surface area contributed by atoms with Gasteiger partial charge in [0.2, 0.25) is 11.8 Å². The molecule has 2 aromatic rings. The van der Waals surface area contributed by atoms with Gasteiger partial charge in [-0.2, -0.15) is 9.97 Å². The van der Waals surface area contributed by atoms with Gasteiger partial charge in [-0.05, 0) is 12.8 Å². The van der Waals surface area contributed by atoms with Crippen molar-refractivity contribution in [3.63, 3.8) is 0 Å². The van der Waals surface area contributed by atoms with Crippen LogP contribution in [0.1, 0.15) is 36.0 Å². The molecule has 1 amide bonds. The Hall–Kier alpha value is -2.88. The number of oxazole rings is 1. The lowest BCUT2D eigenvalue weighted by Crippen LogP contribution is -2.43. The first-order chi connectivity index (χ1) is 12.2. The number of fused-ring (bicyclic) bond motifs is 1. The van der Waals surface area contributed by atoms with Gasteiger partial charge in [0.05, 0.1) is 6.20 Å². The molecule has 1 aliphatic heterocycles. The zero-order valence-electron chi connectivity index (χ0n) is 13.5. The van der Waals surface area contributed by atoms with Crippen molar-refractivity contribution in [1.82, 2.24) is 20.3 Å². The number of nitrogens with zero attached hydrogens (tertiary/aromatic N) is 3. The van der Waals surface area contributed by atoms with Crippen LogP contribution in [0.25, 0.3) is 0 Å². The molecule has 25 heavy (non-hydrogen) atoms. The summed E-state index contributed by atoms with van der Waals surface area (Å²) in [4.78, 5) is 24.9. The number of aromatic nitrogens is 3. The molecule has 2 atom stereocenters. The van der Waals surface area contributed by atoms with Crippen molar-refractivity contribution < 1.29 is 13.9 Å². The third-order valence-electron chi connectivity index (χ3n) is 4.34. The summed E-state index contributed by atoms with van der Waals surface area (Å²) in [6.07, 6.45) is 7.06. The van der Waals surface area contributed by atoms with E-state index in [0.717, 1.165) is 25.7 Å². The van der Waals surface area contributed by atoms with E-state index in [4.69, 9.17) is 14.9 Å². The van der Waals surface area contributed by atoms with E-state index in [0.29, 0.717) is 5.95 Å². The van der Waals surface area contributed by atoms with Crippen LogP contribution < -0.4 is 26.4 Å². The molecule has 0 saturated heterocycles. The molecule has 1 saturated carbocycles. The average Bonchev–Trinajstić information content (AvgIpc) is 3.10. The Kier molecular flexibility index (Phi) is 4.10. The summed E-state index contributed by atoms with van der Waals surface area (Å²) in [5.41, 5.74) is 6.39. The fourth-order valence-electron chi connectivity index (χ4n) is 3.05. The van der Waals surface area contributed by atoms with Crippen LogP contribution in [0.5, 0.6) is 5.88 Å². The fraction of sp³-hybridized carbons (Fsp3) is 0.467. The number of nitrogens with two attached hydrogens (primary N) is 1. The minimum Gasteiger partial charge on any atom is -0.456 e. The lowest BCUT2D eigenvalue weighted by atomic mass is 9.91. The molecule has 1 fully saturated rings. The maximum Gasteiger partial charge on any atom is 0.300 e. The van der Waals surface area contributed by atoms with Crippen molar-refractivity contribution >= 4 is 23.7 Å². The number of rotatable bonds is 4. The highest BCUT2D eigenvalue weighted by Gasteiger charge is 2.28. The molecule has 2 aliphatic rings. The lowest BCUT2D eigenvalue weighted by molar-refractivity contribution is 0.0879. The van der Waals surface area contributed by atoms with Gasteiger partial charge in [0.25, 0.3) is 11.9 Å². The van der Waals surface area contributed by atoms with E-state index >= 15 is 0 Å². The van der Waals surface area contributed by atoms with Gasteiger partial charge in [-0.25, -0.2) is 4.98 Å². The number of nitrogens with one attached hydrogen (secondary N) is 3. The molecule has 0 bridgehead atoms. The largest absolute Gasteiger partial charge is 0.456 e. The Morgan fingerprint density at radius 3 is 2.96 bits per heavy atom. The Bertz CT molecular complexity index is 765. The average molecular weight is 345 g/mol. The normalized spacial score (nSPS) is 22.5. The number of anilines is 3. The van der Waals surface area contributed by atoms with Crippen molar-refractivity contribution in [2.45, 2.75) is 37.8 Å². The summed E-state index contributed by atoms with van der Waals surface area (Å²) in [5.74, 6) is 0.497. The van der Waals surface area contributed by atoms with Crippen LogP contribution in [0.15, 0.2) is 16.9 Å². The minimum atomic E-state index is -0.323. The number of carbonyl (C=O) groups excluding carboxylic acids is 1.